The first-order chi connectivity index (χ1) is 14.0. The van der Waals surface area contributed by atoms with Crippen molar-refractivity contribution in [1.82, 2.24) is 19.7 Å². The topological polar surface area (TPSA) is 54.3 Å². The highest BCUT2D eigenvalue weighted by Gasteiger charge is 2.29. The van der Waals surface area contributed by atoms with Crippen molar-refractivity contribution in [3.05, 3.63) is 72.3 Å². The van der Waals surface area contributed by atoms with Crippen LogP contribution in [0.25, 0.3) is 5.69 Å². The minimum absolute atomic E-state index is 0.124. The summed E-state index contributed by atoms with van der Waals surface area (Å²) < 4.78 is 1.73. The van der Waals surface area contributed by atoms with Crippen molar-refractivity contribution in [3.8, 4) is 5.69 Å². The van der Waals surface area contributed by atoms with Crippen molar-refractivity contribution >= 4 is 11.6 Å². The molecule has 4 rings (SSSR count). The summed E-state index contributed by atoms with van der Waals surface area (Å²) in [5.74, 6) is 0.151. The normalized spacial score (nSPS) is 17.2. The highest BCUT2D eigenvalue weighted by molar-refractivity contribution is 5.96. The van der Waals surface area contributed by atoms with E-state index in [0.29, 0.717) is 6.54 Å². The SMILES string of the molecule is CC(c1ccc(-n2cncn2)cc1)N(C)CC(=O)N1c2ccccc2CCC1C. The molecule has 1 aliphatic rings. The Labute approximate surface area is 171 Å². The summed E-state index contributed by atoms with van der Waals surface area (Å²) in [7, 11) is 2.01. The first kappa shape index (κ1) is 19.3. The Kier molecular flexibility index (Phi) is 5.45. The minimum atomic E-state index is 0.124. The van der Waals surface area contributed by atoms with Gasteiger partial charge >= 0.3 is 0 Å². The number of hydrogen-bond acceptors (Lipinski definition) is 4. The summed E-state index contributed by atoms with van der Waals surface area (Å²) in [4.78, 5) is 21.3. The Morgan fingerprint density at radius 3 is 2.69 bits per heavy atom. The van der Waals surface area contributed by atoms with Gasteiger partial charge in [0, 0.05) is 17.8 Å². The number of hydrogen-bond donors (Lipinski definition) is 0. The lowest BCUT2D eigenvalue weighted by atomic mass is 9.96. The number of likely N-dealkylation sites (N-methyl/N-ethyl adjacent to an activating group) is 1. The fraction of sp³-hybridized carbons (Fsp3) is 0.348. The fourth-order valence-electron chi connectivity index (χ4n) is 4.00. The third-order valence-electron chi connectivity index (χ3n) is 5.90. The number of carbonyl (C=O) groups excluding carboxylic acids is 1. The Morgan fingerprint density at radius 2 is 1.97 bits per heavy atom. The van der Waals surface area contributed by atoms with Crippen LogP contribution >= 0.6 is 0 Å². The molecule has 0 bridgehead atoms. The van der Waals surface area contributed by atoms with Crippen LogP contribution in [0, 0.1) is 0 Å². The summed E-state index contributed by atoms with van der Waals surface area (Å²) >= 11 is 0. The van der Waals surface area contributed by atoms with E-state index in [1.807, 2.05) is 30.1 Å². The molecule has 2 aromatic carbocycles. The molecular formula is C23H27N5O. The third-order valence-corrected chi connectivity index (χ3v) is 5.90. The second-order valence-electron chi connectivity index (χ2n) is 7.80. The van der Waals surface area contributed by atoms with Crippen LogP contribution in [-0.4, -0.2) is 45.2 Å². The molecule has 0 radical (unpaired) electrons. The molecule has 2 unspecified atom stereocenters. The second kappa shape index (κ2) is 8.17. The smallest absolute Gasteiger partial charge is 0.241 e. The molecule has 1 amide bonds. The minimum Gasteiger partial charge on any atom is -0.308 e. The zero-order valence-corrected chi connectivity index (χ0v) is 17.2. The molecule has 150 valence electrons. The van der Waals surface area contributed by atoms with E-state index in [-0.39, 0.29) is 18.0 Å². The van der Waals surface area contributed by atoms with Crippen LogP contribution in [0.5, 0.6) is 0 Å². The van der Waals surface area contributed by atoms with Gasteiger partial charge < -0.3 is 4.90 Å². The second-order valence-corrected chi connectivity index (χ2v) is 7.80. The van der Waals surface area contributed by atoms with E-state index in [2.05, 4.69) is 59.2 Å². The Hall–Kier alpha value is -2.99. The van der Waals surface area contributed by atoms with E-state index in [1.165, 1.54) is 11.9 Å². The van der Waals surface area contributed by atoms with Gasteiger partial charge in [-0.1, -0.05) is 30.3 Å². The standard InChI is InChI=1S/C23H27N5O/c1-17-8-9-20-6-4-5-7-22(20)28(17)23(29)14-26(3)18(2)19-10-12-21(13-11-19)27-16-24-15-25-27/h4-7,10-13,15-18H,8-9,14H2,1-3H3. The summed E-state index contributed by atoms with van der Waals surface area (Å²) in [6, 6.07) is 16.8. The maximum atomic E-state index is 13.2. The summed E-state index contributed by atoms with van der Waals surface area (Å²) in [6.45, 7) is 4.65. The van der Waals surface area contributed by atoms with E-state index >= 15 is 0 Å². The molecule has 2 atom stereocenters. The van der Waals surface area contributed by atoms with Gasteiger partial charge in [-0.2, -0.15) is 5.10 Å². The molecule has 2 heterocycles. The van der Waals surface area contributed by atoms with Crippen LogP contribution in [0.1, 0.15) is 37.4 Å². The number of nitrogens with zero attached hydrogens (tertiary/aromatic N) is 5. The molecule has 3 aromatic rings. The van der Waals surface area contributed by atoms with Crippen LogP contribution < -0.4 is 4.90 Å². The largest absolute Gasteiger partial charge is 0.308 e. The summed E-state index contributed by atoms with van der Waals surface area (Å²) in [5, 5.41) is 4.16. The van der Waals surface area contributed by atoms with Crippen LogP contribution in [-0.2, 0) is 11.2 Å². The Balaban J connectivity index is 1.46. The molecule has 6 heteroatoms. The van der Waals surface area contributed by atoms with Crippen molar-refractivity contribution in [2.75, 3.05) is 18.5 Å². The maximum Gasteiger partial charge on any atom is 0.241 e. The molecule has 1 aliphatic heterocycles. The first-order valence-electron chi connectivity index (χ1n) is 10.1. The molecule has 0 saturated heterocycles. The number of para-hydroxylation sites is 1. The molecule has 0 aliphatic carbocycles. The molecule has 29 heavy (non-hydrogen) atoms. The van der Waals surface area contributed by atoms with Gasteiger partial charge in [-0.25, -0.2) is 9.67 Å². The van der Waals surface area contributed by atoms with Gasteiger partial charge in [-0.3, -0.25) is 9.69 Å². The van der Waals surface area contributed by atoms with Gasteiger partial charge in [-0.15, -0.1) is 0 Å². The zero-order chi connectivity index (χ0) is 20.4. The van der Waals surface area contributed by atoms with Crippen molar-refractivity contribution in [2.45, 2.75) is 38.8 Å². The average molecular weight is 390 g/mol. The summed E-state index contributed by atoms with van der Waals surface area (Å²) in [5.41, 5.74) is 4.46. The van der Waals surface area contributed by atoms with Crippen molar-refractivity contribution in [3.63, 3.8) is 0 Å². The van der Waals surface area contributed by atoms with Gasteiger partial charge in [0.25, 0.3) is 0 Å². The fourth-order valence-corrected chi connectivity index (χ4v) is 4.00. The number of aryl methyl sites for hydroxylation is 1. The van der Waals surface area contributed by atoms with Gasteiger partial charge in [0.1, 0.15) is 12.7 Å². The van der Waals surface area contributed by atoms with Crippen LogP contribution in [0.3, 0.4) is 0 Å². The lowest BCUT2D eigenvalue weighted by molar-refractivity contribution is -0.120. The van der Waals surface area contributed by atoms with E-state index in [4.69, 9.17) is 0 Å². The lowest BCUT2D eigenvalue weighted by Crippen LogP contribution is -2.46. The highest BCUT2D eigenvalue weighted by atomic mass is 16.2. The lowest BCUT2D eigenvalue weighted by Gasteiger charge is -2.37. The molecule has 6 nitrogen and oxygen atoms in total. The van der Waals surface area contributed by atoms with Gasteiger partial charge in [0.2, 0.25) is 5.91 Å². The van der Waals surface area contributed by atoms with Gasteiger partial charge in [-0.05, 0) is 63.1 Å². The number of anilines is 1. The number of rotatable bonds is 5. The van der Waals surface area contributed by atoms with Gasteiger partial charge in [0.05, 0.1) is 12.2 Å². The predicted octanol–water partition coefficient (Wildman–Crippen LogP) is 3.63. The molecule has 0 N–H and O–H groups in total. The molecule has 0 saturated carbocycles. The van der Waals surface area contributed by atoms with Crippen LogP contribution in [0.2, 0.25) is 0 Å². The van der Waals surface area contributed by atoms with Crippen molar-refractivity contribution < 1.29 is 4.79 Å². The molecule has 0 spiro atoms. The number of amides is 1. The molecular weight excluding hydrogens is 362 g/mol. The Bertz CT molecular complexity index is 967. The van der Waals surface area contributed by atoms with E-state index in [0.717, 1.165) is 29.8 Å². The number of benzene rings is 2. The van der Waals surface area contributed by atoms with E-state index in [1.54, 1.807) is 11.0 Å². The quantitative estimate of drug-likeness (QED) is 0.669. The first-order valence-corrected chi connectivity index (χ1v) is 10.1. The highest BCUT2D eigenvalue weighted by Crippen LogP contribution is 2.31. The maximum absolute atomic E-state index is 13.2. The van der Waals surface area contributed by atoms with E-state index in [9.17, 15) is 4.79 Å². The van der Waals surface area contributed by atoms with Gasteiger partial charge in [0.15, 0.2) is 0 Å². The number of fused-ring (bicyclic) bond motifs is 1. The molecule has 1 aromatic heterocycles. The Morgan fingerprint density at radius 1 is 1.21 bits per heavy atom. The molecule has 0 fully saturated rings. The van der Waals surface area contributed by atoms with Crippen molar-refractivity contribution in [1.29, 1.82) is 0 Å². The van der Waals surface area contributed by atoms with Crippen LogP contribution in [0.15, 0.2) is 61.2 Å². The monoisotopic (exact) mass is 389 g/mol. The predicted molar refractivity (Wildman–Crippen MR) is 114 cm³/mol. The zero-order valence-electron chi connectivity index (χ0n) is 17.2. The van der Waals surface area contributed by atoms with Crippen molar-refractivity contribution in [2.24, 2.45) is 0 Å². The number of carbonyl (C=O) groups is 1. The summed E-state index contributed by atoms with van der Waals surface area (Å²) in [6.07, 6.45) is 5.24. The van der Waals surface area contributed by atoms with Crippen LogP contribution in [0.4, 0.5) is 5.69 Å². The van der Waals surface area contributed by atoms with E-state index < -0.39 is 0 Å². The average Bonchev–Trinajstić information content (AvgIpc) is 3.28. The number of aromatic nitrogens is 3. The third kappa shape index (κ3) is 3.93.